The lowest BCUT2D eigenvalue weighted by Crippen LogP contribution is -2.37. The van der Waals surface area contributed by atoms with Crippen LogP contribution in [0.4, 0.5) is 10.2 Å². The summed E-state index contributed by atoms with van der Waals surface area (Å²) in [7, 11) is -3.16. The molecule has 2 unspecified atom stereocenters. The maximum absolute atomic E-state index is 14.8. The lowest BCUT2D eigenvalue weighted by Gasteiger charge is -2.26. The molecule has 3 rings (SSSR count). The fraction of sp³-hybridized carbons (Fsp3) is 0.269. The fourth-order valence-electron chi connectivity index (χ4n) is 3.22. The minimum absolute atomic E-state index is 0.00738. The van der Waals surface area contributed by atoms with Gasteiger partial charge >= 0.3 is 19.4 Å². The highest BCUT2D eigenvalue weighted by molar-refractivity contribution is 7.52. The van der Waals surface area contributed by atoms with E-state index in [0.29, 0.717) is 6.20 Å². The van der Waals surface area contributed by atoms with Gasteiger partial charge in [-0.3, -0.25) is 13.9 Å². The van der Waals surface area contributed by atoms with Crippen LogP contribution in [0, 0.1) is 0 Å². The van der Waals surface area contributed by atoms with Crippen molar-refractivity contribution in [2.24, 2.45) is 0 Å². The molecule has 1 heterocycles. The van der Waals surface area contributed by atoms with Crippen LogP contribution in [0.15, 0.2) is 83.5 Å². The molecule has 4 atom stereocenters. The monoisotopic (exact) mass is 576 g/mol. The van der Waals surface area contributed by atoms with E-state index in [1.165, 1.54) is 38.4 Å². The minimum Gasteiger partial charge on any atom is -0.460 e. The van der Waals surface area contributed by atoms with Crippen molar-refractivity contribution in [2.75, 3.05) is 19.5 Å². The zero-order valence-corrected chi connectivity index (χ0v) is 22.6. The first-order valence-electron chi connectivity index (χ1n) is 12.0. The van der Waals surface area contributed by atoms with Gasteiger partial charge in [-0.15, -0.1) is 0 Å². The number of aliphatic hydroxyl groups is 1. The van der Waals surface area contributed by atoms with E-state index < -0.39 is 50.1 Å². The lowest BCUT2D eigenvalue weighted by molar-refractivity contribution is -0.146. The van der Waals surface area contributed by atoms with Crippen LogP contribution in [0.3, 0.4) is 0 Å². The smallest absolute Gasteiger partial charge is 0.459 e. The van der Waals surface area contributed by atoms with Gasteiger partial charge in [-0.1, -0.05) is 48.5 Å². The number of benzene rings is 2. The lowest BCUT2D eigenvalue weighted by atomic mass is 10.2. The number of nitrogens with zero attached hydrogens (tertiary/aromatic N) is 2. The van der Waals surface area contributed by atoms with Crippen LogP contribution in [0.1, 0.15) is 12.5 Å². The highest BCUT2D eigenvalue weighted by Gasteiger charge is 2.35. The molecule has 0 aliphatic carbocycles. The van der Waals surface area contributed by atoms with Crippen molar-refractivity contribution < 1.29 is 37.4 Å². The number of para-hydroxylation sites is 1. The number of halogens is 1. The van der Waals surface area contributed by atoms with Crippen molar-refractivity contribution in [3.05, 3.63) is 94.8 Å². The van der Waals surface area contributed by atoms with Gasteiger partial charge in [-0.25, -0.2) is 13.8 Å². The highest BCUT2D eigenvalue weighted by Crippen LogP contribution is 2.45. The molecule has 0 aliphatic rings. The predicted molar refractivity (Wildman–Crippen MR) is 145 cm³/mol. The van der Waals surface area contributed by atoms with E-state index in [0.717, 1.165) is 10.1 Å². The van der Waals surface area contributed by atoms with E-state index in [1.807, 2.05) is 6.07 Å². The molecule has 214 valence electrons. The molecule has 0 spiro atoms. The van der Waals surface area contributed by atoms with E-state index in [1.54, 1.807) is 42.5 Å². The Balaban J connectivity index is 1.71. The summed E-state index contributed by atoms with van der Waals surface area (Å²) in [5, 5.41) is 13.0. The van der Waals surface area contributed by atoms with Crippen molar-refractivity contribution in [1.29, 1.82) is 0 Å². The molecular formula is C26H30FN4O8P. The number of carbonyl (C=O) groups is 1. The average molecular weight is 577 g/mol. The maximum atomic E-state index is 14.8. The van der Waals surface area contributed by atoms with E-state index in [2.05, 4.69) is 10.1 Å². The number of esters is 1. The SMILES string of the molecule is COC(COP(=O)(N[C@@H](C)C(=O)OCc1ccccc1)Oc1ccccc1)[C@H](O)C(F)=Cn1ccc(N)nc1=O. The van der Waals surface area contributed by atoms with Crippen molar-refractivity contribution in [2.45, 2.75) is 31.8 Å². The molecule has 0 saturated heterocycles. The topological polar surface area (TPSA) is 164 Å². The summed E-state index contributed by atoms with van der Waals surface area (Å²) in [5.41, 5.74) is 5.31. The van der Waals surface area contributed by atoms with Crippen molar-refractivity contribution >= 4 is 25.7 Å². The Labute approximate surface area is 229 Å². The van der Waals surface area contributed by atoms with Crippen LogP contribution < -0.4 is 21.0 Å². The quantitative estimate of drug-likeness (QED) is 0.191. The molecule has 0 aliphatic heterocycles. The van der Waals surface area contributed by atoms with Crippen molar-refractivity contribution in [3.8, 4) is 5.75 Å². The number of methoxy groups -OCH3 is 1. The standard InChI is InChI=1S/C26H30FN4O8P/c1-18(25(33)37-16-19-9-5-3-6-10-19)30-40(35,39-20-11-7-4-8-12-20)38-17-22(36-2)24(32)21(27)15-31-14-13-23(28)29-26(31)34/h3-15,18,22,24,32H,16-17H2,1-2H3,(H,30,35)(H2,28,29,34)/t18-,22?,24+,40?/m0/s1. The van der Waals surface area contributed by atoms with Gasteiger partial charge in [0.2, 0.25) is 0 Å². The second kappa shape index (κ2) is 14.5. The molecule has 40 heavy (non-hydrogen) atoms. The van der Waals surface area contributed by atoms with Crippen LogP contribution in [-0.2, 0) is 30.0 Å². The molecule has 0 bridgehead atoms. The number of hydrogen-bond acceptors (Lipinski definition) is 10. The summed E-state index contributed by atoms with van der Waals surface area (Å²) >= 11 is 0. The number of nitrogens with one attached hydrogen (secondary N) is 1. The molecule has 0 saturated carbocycles. The largest absolute Gasteiger partial charge is 0.460 e. The van der Waals surface area contributed by atoms with Gasteiger partial charge in [0.25, 0.3) is 0 Å². The summed E-state index contributed by atoms with van der Waals surface area (Å²) in [6.07, 6.45) is -1.47. The molecule has 0 radical (unpaired) electrons. The number of anilines is 1. The first-order valence-corrected chi connectivity index (χ1v) is 13.5. The van der Waals surface area contributed by atoms with Gasteiger partial charge in [-0.05, 0) is 30.7 Å². The molecule has 14 heteroatoms. The number of ether oxygens (including phenoxy) is 2. The van der Waals surface area contributed by atoms with Gasteiger partial charge in [0, 0.05) is 19.5 Å². The van der Waals surface area contributed by atoms with Gasteiger partial charge in [-0.2, -0.15) is 10.1 Å². The Morgan fingerprint density at radius 2 is 1.82 bits per heavy atom. The molecule has 2 aromatic carbocycles. The van der Waals surface area contributed by atoms with E-state index in [9.17, 15) is 23.7 Å². The summed E-state index contributed by atoms with van der Waals surface area (Å²) in [6, 6.07) is 17.1. The minimum atomic E-state index is -4.33. The number of hydrogen-bond donors (Lipinski definition) is 3. The van der Waals surface area contributed by atoms with E-state index in [4.69, 9.17) is 24.3 Å². The van der Waals surface area contributed by atoms with E-state index in [-0.39, 0.29) is 18.2 Å². The summed E-state index contributed by atoms with van der Waals surface area (Å²) in [5.74, 6) is -1.81. The maximum Gasteiger partial charge on any atom is 0.459 e. The van der Waals surface area contributed by atoms with Crippen LogP contribution in [0.5, 0.6) is 5.75 Å². The van der Waals surface area contributed by atoms with Crippen LogP contribution in [0.25, 0.3) is 6.20 Å². The third kappa shape index (κ3) is 9.11. The second-order valence-corrected chi connectivity index (χ2v) is 10.1. The normalized spacial score (nSPS) is 15.4. The number of nitrogens with two attached hydrogens (primary N) is 1. The van der Waals surface area contributed by atoms with Crippen LogP contribution >= 0.6 is 7.75 Å². The summed E-state index contributed by atoms with van der Waals surface area (Å²) in [4.78, 5) is 27.9. The van der Waals surface area contributed by atoms with Gasteiger partial charge in [0.1, 0.15) is 42.3 Å². The Bertz CT molecular complexity index is 1390. The Kier molecular flexibility index (Phi) is 11.1. The number of nitrogen functional groups attached to an aromatic ring is 1. The number of rotatable bonds is 14. The Morgan fingerprint density at radius 3 is 2.45 bits per heavy atom. The first kappa shape index (κ1) is 30.7. The highest BCUT2D eigenvalue weighted by atomic mass is 31.2. The molecule has 0 amide bonds. The predicted octanol–water partition coefficient (Wildman–Crippen LogP) is 2.89. The van der Waals surface area contributed by atoms with Gasteiger partial charge in [0.05, 0.1) is 6.61 Å². The first-order chi connectivity index (χ1) is 19.1. The van der Waals surface area contributed by atoms with Crippen LogP contribution in [0.2, 0.25) is 0 Å². The Hall–Kier alpha value is -3.87. The van der Waals surface area contributed by atoms with E-state index >= 15 is 0 Å². The Morgan fingerprint density at radius 1 is 1.18 bits per heavy atom. The van der Waals surface area contributed by atoms with Crippen molar-refractivity contribution in [3.63, 3.8) is 0 Å². The molecule has 1 aromatic heterocycles. The molecule has 12 nitrogen and oxygen atoms in total. The molecule has 4 N–H and O–H groups in total. The number of aromatic nitrogens is 2. The summed E-state index contributed by atoms with van der Waals surface area (Å²) in [6.45, 7) is 0.754. The number of aliphatic hydroxyl groups excluding tert-OH is 1. The fourth-order valence-corrected chi connectivity index (χ4v) is 4.73. The molecular weight excluding hydrogens is 546 g/mol. The number of carbonyl (C=O) groups excluding carboxylic acids is 1. The third-order valence-corrected chi connectivity index (χ3v) is 7.00. The van der Waals surface area contributed by atoms with Gasteiger partial charge in [0.15, 0.2) is 0 Å². The average Bonchev–Trinajstić information content (AvgIpc) is 2.94. The zero-order valence-electron chi connectivity index (χ0n) is 21.8. The molecule has 3 aromatic rings. The summed E-state index contributed by atoms with van der Waals surface area (Å²) < 4.78 is 50.7. The van der Waals surface area contributed by atoms with Gasteiger partial charge < -0.3 is 24.8 Å². The van der Waals surface area contributed by atoms with Crippen LogP contribution in [-0.4, -0.2) is 52.6 Å². The zero-order chi connectivity index (χ0) is 29.1. The van der Waals surface area contributed by atoms with Crippen molar-refractivity contribution in [1.82, 2.24) is 14.6 Å². The molecule has 0 fully saturated rings. The second-order valence-electron chi connectivity index (χ2n) is 8.42. The third-order valence-electron chi connectivity index (χ3n) is 5.36.